The lowest BCUT2D eigenvalue weighted by atomic mass is 9.90. The van der Waals surface area contributed by atoms with Gasteiger partial charge in [0.05, 0.1) is 15.7 Å². The number of halogens is 4. The molecule has 1 aliphatic heterocycles. The molecule has 0 radical (unpaired) electrons. The van der Waals surface area contributed by atoms with E-state index in [1.807, 2.05) is 0 Å². The number of anilines is 2. The van der Waals surface area contributed by atoms with Crippen LogP contribution in [0.4, 0.5) is 20.2 Å². The molecular formula is C23H22Cl2F2N2O2. The van der Waals surface area contributed by atoms with Gasteiger partial charge in [0.2, 0.25) is 5.91 Å². The Bertz CT molecular complexity index is 1030. The van der Waals surface area contributed by atoms with Gasteiger partial charge in [0.1, 0.15) is 11.6 Å². The third-order valence-electron chi connectivity index (χ3n) is 5.08. The van der Waals surface area contributed by atoms with Gasteiger partial charge in [-0.15, -0.1) is 0 Å². The fourth-order valence-corrected chi connectivity index (χ4v) is 4.45. The Morgan fingerprint density at radius 1 is 1.19 bits per heavy atom. The summed E-state index contributed by atoms with van der Waals surface area (Å²) in [6.45, 7) is 3.51. The number of benzene rings is 2. The Hall–Kier alpha value is -2.44. The third kappa shape index (κ3) is 5.83. The van der Waals surface area contributed by atoms with Crippen molar-refractivity contribution >= 4 is 46.3 Å². The normalized spacial score (nSPS) is 17.1. The number of nitrogens with zero attached hydrogens (tertiary/aromatic N) is 1. The summed E-state index contributed by atoms with van der Waals surface area (Å²) in [4.78, 5) is 25.4. The molecule has 1 unspecified atom stereocenters. The largest absolute Gasteiger partial charge is 0.359 e. The molecule has 1 fully saturated rings. The SMILES string of the molecule is CC(=O)/C=C(\C)Nc1cc(Cl)c(N2CC(Cc3ccc(F)cc3F)CCC2=O)c(Cl)c1. The first-order chi connectivity index (χ1) is 14.6. The predicted molar refractivity (Wildman–Crippen MR) is 120 cm³/mol. The van der Waals surface area contributed by atoms with Crippen LogP contribution < -0.4 is 10.2 Å². The van der Waals surface area contributed by atoms with E-state index in [2.05, 4.69) is 5.32 Å². The molecule has 8 heteroatoms. The van der Waals surface area contributed by atoms with Gasteiger partial charge in [-0.3, -0.25) is 9.59 Å². The van der Waals surface area contributed by atoms with Crippen LogP contribution in [0.5, 0.6) is 0 Å². The Labute approximate surface area is 189 Å². The summed E-state index contributed by atoms with van der Waals surface area (Å²) in [6.07, 6.45) is 2.69. The van der Waals surface area contributed by atoms with E-state index >= 15 is 0 Å². The average Bonchev–Trinajstić information content (AvgIpc) is 2.65. The predicted octanol–water partition coefficient (Wildman–Crippen LogP) is 6.16. The maximum atomic E-state index is 14.1. The zero-order chi connectivity index (χ0) is 22.7. The van der Waals surface area contributed by atoms with Gasteiger partial charge in [-0.1, -0.05) is 29.3 Å². The number of amides is 1. The summed E-state index contributed by atoms with van der Waals surface area (Å²) in [5, 5.41) is 3.61. The number of hydrogen-bond donors (Lipinski definition) is 1. The summed E-state index contributed by atoms with van der Waals surface area (Å²) < 4.78 is 27.2. The molecule has 31 heavy (non-hydrogen) atoms. The summed E-state index contributed by atoms with van der Waals surface area (Å²) in [5.74, 6) is -1.45. The monoisotopic (exact) mass is 466 g/mol. The van der Waals surface area contributed by atoms with Gasteiger partial charge in [-0.25, -0.2) is 8.78 Å². The maximum absolute atomic E-state index is 14.1. The molecule has 2 aromatic carbocycles. The van der Waals surface area contributed by atoms with Crippen molar-refractivity contribution in [1.29, 1.82) is 0 Å². The molecule has 1 amide bonds. The van der Waals surface area contributed by atoms with Crippen molar-refractivity contribution in [2.24, 2.45) is 5.92 Å². The second kappa shape index (κ2) is 9.79. The lowest BCUT2D eigenvalue weighted by Crippen LogP contribution is -2.41. The molecule has 0 saturated carbocycles. The van der Waals surface area contributed by atoms with E-state index in [4.69, 9.17) is 23.2 Å². The van der Waals surface area contributed by atoms with Gasteiger partial charge >= 0.3 is 0 Å². The molecule has 1 atom stereocenters. The minimum atomic E-state index is -0.623. The molecule has 164 valence electrons. The Kier molecular flexibility index (Phi) is 7.34. The van der Waals surface area contributed by atoms with Gasteiger partial charge in [0.15, 0.2) is 5.78 Å². The van der Waals surface area contributed by atoms with E-state index in [1.165, 1.54) is 30.0 Å². The van der Waals surface area contributed by atoms with Gasteiger partial charge in [-0.05, 0) is 62.4 Å². The zero-order valence-corrected chi connectivity index (χ0v) is 18.7. The molecule has 1 aliphatic rings. The number of carbonyl (C=O) groups is 2. The first-order valence-electron chi connectivity index (χ1n) is 9.83. The molecule has 4 nitrogen and oxygen atoms in total. The number of piperidine rings is 1. The number of hydrogen-bond acceptors (Lipinski definition) is 3. The molecule has 2 aromatic rings. The van der Waals surface area contributed by atoms with Crippen LogP contribution in [0, 0.1) is 17.6 Å². The van der Waals surface area contributed by atoms with Gasteiger partial charge in [0, 0.05) is 30.4 Å². The van der Waals surface area contributed by atoms with Crippen LogP contribution in [0.15, 0.2) is 42.1 Å². The van der Waals surface area contributed by atoms with Crippen LogP contribution in [-0.4, -0.2) is 18.2 Å². The highest BCUT2D eigenvalue weighted by atomic mass is 35.5. The molecule has 1 saturated heterocycles. The van der Waals surface area contributed by atoms with Gasteiger partial charge in [-0.2, -0.15) is 0 Å². The summed E-state index contributed by atoms with van der Waals surface area (Å²) in [5.41, 5.74) is 2.02. The van der Waals surface area contributed by atoms with E-state index < -0.39 is 11.6 Å². The molecule has 0 bridgehead atoms. The first kappa shape index (κ1) is 23.2. The quantitative estimate of drug-likeness (QED) is 0.518. The van der Waals surface area contributed by atoms with Crippen molar-refractivity contribution < 1.29 is 18.4 Å². The summed E-state index contributed by atoms with van der Waals surface area (Å²) >= 11 is 12.9. The number of ketones is 1. The van der Waals surface area contributed by atoms with E-state index in [0.717, 1.165) is 6.07 Å². The van der Waals surface area contributed by atoms with Crippen molar-refractivity contribution in [3.63, 3.8) is 0 Å². The van der Waals surface area contributed by atoms with E-state index in [9.17, 15) is 18.4 Å². The van der Waals surface area contributed by atoms with Crippen molar-refractivity contribution in [3.05, 3.63) is 69.3 Å². The Morgan fingerprint density at radius 3 is 2.48 bits per heavy atom. The highest BCUT2D eigenvalue weighted by Crippen LogP contribution is 2.39. The standard InChI is InChI=1S/C23H22Cl2F2N2O2/c1-13(7-14(2)30)28-18-10-19(24)23(20(25)11-18)29-12-15(3-6-22(29)31)8-16-4-5-17(26)9-21(16)27/h4-5,7,9-11,15,28H,3,6,8,12H2,1-2H3/b13-7+. The zero-order valence-electron chi connectivity index (χ0n) is 17.1. The lowest BCUT2D eigenvalue weighted by molar-refractivity contribution is -0.120. The van der Waals surface area contributed by atoms with Crippen molar-refractivity contribution in [2.75, 3.05) is 16.8 Å². The van der Waals surface area contributed by atoms with Crippen molar-refractivity contribution in [2.45, 2.75) is 33.1 Å². The Morgan fingerprint density at radius 2 is 1.87 bits per heavy atom. The average molecular weight is 467 g/mol. The van der Waals surface area contributed by atoms with Crippen molar-refractivity contribution in [1.82, 2.24) is 0 Å². The smallest absolute Gasteiger partial charge is 0.227 e. The molecular weight excluding hydrogens is 445 g/mol. The second-order valence-corrected chi connectivity index (χ2v) is 8.51. The topological polar surface area (TPSA) is 49.4 Å². The highest BCUT2D eigenvalue weighted by Gasteiger charge is 2.30. The van der Waals surface area contributed by atoms with Crippen molar-refractivity contribution in [3.8, 4) is 0 Å². The molecule has 3 rings (SSSR count). The van der Waals surface area contributed by atoms with Crippen LogP contribution in [0.3, 0.4) is 0 Å². The summed E-state index contributed by atoms with van der Waals surface area (Å²) in [7, 11) is 0. The highest BCUT2D eigenvalue weighted by molar-refractivity contribution is 6.40. The molecule has 1 heterocycles. The first-order valence-corrected chi connectivity index (χ1v) is 10.6. The van der Waals surface area contributed by atoms with Crippen LogP contribution in [0.1, 0.15) is 32.3 Å². The van der Waals surface area contributed by atoms with Gasteiger partial charge < -0.3 is 10.2 Å². The van der Waals surface area contributed by atoms with Gasteiger partial charge in [0.25, 0.3) is 0 Å². The Balaban J connectivity index is 1.81. The minimum absolute atomic E-state index is 0.0247. The number of nitrogens with one attached hydrogen (secondary N) is 1. The number of carbonyl (C=O) groups excluding carboxylic acids is 2. The maximum Gasteiger partial charge on any atom is 0.227 e. The van der Waals surface area contributed by atoms with Crippen LogP contribution >= 0.6 is 23.2 Å². The molecule has 0 aromatic heterocycles. The van der Waals surface area contributed by atoms with Crippen LogP contribution in [0.2, 0.25) is 10.0 Å². The molecule has 1 N–H and O–H groups in total. The fraction of sp³-hybridized carbons (Fsp3) is 0.304. The third-order valence-corrected chi connectivity index (χ3v) is 5.66. The van der Waals surface area contributed by atoms with Crippen LogP contribution in [0.25, 0.3) is 0 Å². The summed E-state index contributed by atoms with van der Waals surface area (Å²) in [6, 6.07) is 6.80. The second-order valence-electron chi connectivity index (χ2n) is 7.70. The van der Waals surface area contributed by atoms with E-state index in [1.54, 1.807) is 19.1 Å². The number of allylic oxidation sites excluding steroid dienone is 2. The molecule has 0 aliphatic carbocycles. The lowest BCUT2D eigenvalue weighted by Gasteiger charge is -2.34. The van der Waals surface area contributed by atoms with Crippen LogP contribution in [-0.2, 0) is 16.0 Å². The minimum Gasteiger partial charge on any atom is -0.359 e. The molecule has 0 spiro atoms. The van der Waals surface area contributed by atoms with E-state index in [-0.39, 0.29) is 34.1 Å². The van der Waals surface area contributed by atoms with E-state index in [0.29, 0.717) is 42.0 Å². The number of rotatable bonds is 6. The fourth-order valence-electron chi connectivity index (χ4n) is 3.76.